The zero-order chi connectivity index (χ0) is 35.9. The van der Waals surface area contributed by atoms with Crippen molar-refractivity contribution in [1.82, 2.24) is 9.97 Å². The van der Waals surface area contributed by atoms with Gasteiger partial charge in [-0.25, -0.2) is 4.98 Å². The average Bonchev–Trinajstić information content (AvgIpc) is 4.04. The molecule has 274 valence electrons. The molecule has 6 aromatic heterocycles. The van der Waals surface area contributed by atoms with Gasteiger partial charge in [0.1, 0.15) is 17.5 Å². The summed E-state index contributed by atoms with van der Waals surface area (Å²) in [4.78, 5) is 9.34. The Bertz CT molecular complexity index is 2920. The number of thiazole rings is 3. The molecule has 0 fully saturated rings. The number of furan rings is 2. The van der Waals surface area contributed by atoms with Crippen LogP contribution < -0.4 is 57.1 Å². The topological polar surface area (TPSA) is 59.8 Å². The van der Waals surface area contributed by atoms with Gasteiger partial charge in [0.2, 0.25) is 5.52 Å². The predicted molar refractivity (Wildman–Crippen MR) is 222 cm³/mol. The summed E-state index contributed by atoms with van der Waals surface area (Å²) in [5.41, 5.74) is 5.77. The molecule has 0 amide bonds. The number of aryl methyl sites for hydroxylation is 2. The van der Waals surface area contributed by atoms with Gasteiger partial charge in [0.05, 0.1) is 10.2 Å². The van der Waals surface area contributed by atoms with Crippen molar-refractivity contribution >= 4 is 113 Å². The van der Waals surface area contributed by atoms with Crippen molar-refractivity contribution in [2.75, 3.05) is 0 Å². The second-order valence-electron chi connectivity index (χ2n) is 12.4. The molecule has 6 nitrogen and oxygen atoms in total. The van der Waals surface area contributed by atoms with Crippen molar-refractivity contribution in [2.24, 2.45) is 14.1 Å². The van der Waals surface area contributed by atoms with Gasteiger partial charge in [-0.1, -0.05) is 35.6 Å². The molecule has 0 unspecified atom stereocenters. The normalized spacial score (nSPS) is 11.7. The van der Waals surface area contributed by atoms with Crippen LogP contribution in [-0.2, 0) is 14.1 Å². The molecule has 0 N–H and O–H groups in total. The number of rotatable bonds is 6. The average molecular weight is 1070 g/mol. The van der Waals surface area contributed by atoms with E-state index in [1.807, 2.05) is 60.7 Å². The molecular weight excluding hydrogens is 1030 g/mol. The van der Waals surface area contributed by atoms with E-state index in [0.717, 1.165) is 44.1 Å². The Morgan fingerprint density at radius 1 is 0.582 bits per heavy atom. The summed E-state index contributed by atoms with van der Waals surface area (Å²) >= 11 is 5.45. The molecule has 4 aromatic carbocycles. The van der Waals surface area contributed by atoms with Gasteiger partial charge in [0, 0.05) is 11.6 Å². The molecule has 12 heteroatoms. The molecule has 55 heavy (non-hydrogen) atoms. The summed E-state index contributed by atoms with van der Waals surface area (Å²) in [5.74, 6) is 3.34. The minimum atomic E-state index is 0. The van der Waals surface area contributed by atoms with Gasteiger partial charge in [-0.15, -0.1) is 11.3 Å². The SMILES string of the molecule is C/C(=C\c1ccc(-c2nc3ccccc3s2)o1)c1sc2ccccc2[n+]1C.C[n+]1c(/C=C/c2ccc(-c3nc4ccccc4s3)o2)[se]c2ccccc21.[I-].[I-]. The van der Waals surface area contributed by atoms with Crippen LogP contribution in [0.15, 0.2) is 130 Å². The van der Waals surface area contributed by atoms with Crippen LogP contribution in [0.1, 0.15) is 28.0 Å². The molecule has 0 saturated heterocycles. The number of aromatic nitrogens is 4. The Kier molecular flexibility index (Phi) is 12.3. The fraction of sp³-hybridized carbons (Fsp3) is 0.0698. The number of hydrogen-bond donors (Lipinski definition) is 0. The number of allylic oxidation sites excluding steroid dienone is 1. The van der Waals surface area contributed by atoms with Gasteiger partial charge in [-0.2, -0.15) is 4.57 Å². The van der Waals surface area contributed by atoms with Crippen LogP contribution in [0.2, 0.25) is 0 Å². The molecule has 10 aromatic rings. The summed E-state index contributed by atoms with van der Waals surface area (Å²) in [7, 11) is 4.24. The Labute approximate surface area is 369 Å². The van der Waals surface area contributed by atoms with Crippen LogP contribution in [0, 0.1) is 0 Å². The smallest absolute Gasteiger partial charge is 1.00 e. The first-order valence-electron chi connectivity index (χ1n) is 17.0. The fourth-order valence-corrected chi connectivity index (χ4v) is 11.4. The molecule has 0 aliphatic heterocycles. The molecule has 0 saturated carbocycles. The molecule has 10 rings (SSSR count). The van der Waals surface area contributed by atoms with Gasteiger partial charge in [0.15, 0.2) is 10.8 Å². The Morgan fingerprint density at radius 3 is 1.75 bits per heavy atom. The first-order valence-corrected chi connectivity index (χ1v) is 21.2. The zero-order valence-electron chi connectivity index (χ0n) is 29.8. The number of fused-ring (bicyclic) bond motifs is 4. The first kappa shape index (κ1) is 39.5. The summed E-state index contributed by atoms with van der Waals surface area (Å²) < 4.78 is 23.0. The van der Waals surface area contributed by atoms with Gasteiger partial charge in [-0.3, -0.25) is 0 Å². The Balaban J connectivity index is 0.000000163. The van der Waals surface area contributed by atoms with Crippen LogP contribution in [-0.4, -0.2) is 24.5 Å². The molecule has 0 atom stereocenters. The second-order valence-corrected chi connectivity index (χ2v) is 17.8. The van der Waals surface area contributed by atoms with Crippen molar-refractivity contribution in [2.45, 2.75) is 6.92 Å². The van der Waals surface area contributed by atoms with E-state index in [2.05, 4.69) is 119 Å². The van der Waals surface area contributed by atoms with Crippen molar-refractivity contribution in [3.05, 3.63) is 142 Å². The van der Waals surface area contributed by atoms with Gasteiger partial charge in [-0.05, 0) is 43.3 Å². The minimum absolute atomic E-state index is 0. The predicted octanol–water partition coefficient (Wildman–Crippen LogP) is 4.93. The number of hydrogen-bond acceptors (Lipinski definition) is 7. The summed E-state index contributed by atoms with van der Waals surface area (Å²) in [5, 5.41) is 3.07. The molecule has 6 heterocycles. The monoisotopic (exact) mass is 1070 g/mol. The summed E-state index contributed by atoms with van der Waals surface area (Å²) in [6.45, 7) is 2.13. The number of nitrogens with zero attached hydrogens (tertiary/aromatic N) is 4. The maximum Gasteiger partial charge on any atom is -1.00 e. The van der Waals surface area contributed by atoms with Gasteiger partial charge in [0.25, 0.3) is 5.01 Å². The number of benzene rings is 4. The third kappa shape index (κ3) is 8.22. The second kappa shape index (κ2) is 17.2. The van der Waals surface area contributed by atoms with E-state index < -0.39 is 0 Å². The van der Waals surface area contributed by atoms with E-state index in [1.54, 1.807) is 34.0 Å². The van der Waals surface area contributed by atoms with E-state index in [9.17, 15) is 0 Å². The van der Waals surface area contributed by atoms with E-state index in [1.165, 1.54) is 44.5 Å². The number of para-hydroxylation sites is 4. The van der Waals surface area contributed by atoms with E-state index in [-0.39, 0.29) is 48.0 Å². The Morgan fingerprint density at radius 2 is 1.13 bits per heavy atom. The first-order chi connectivity index (χ1) is 26.0. The van der Waals surface area contributed by atoms with Crippen LogP contribution in [0.5, 0.6) is 0 Å². The molecule has 0 aliphatic rings. The van der Waals surface area contributed by atoms with E-state index in [0.29, 0.717) is 14.5 Å². The maximum absolute atomic E-state index is 6.07. The van der Waals surface area contributed by atoms with E-state index >= 15 is 0 Å². The van der Waals surface area contributed by atoms with Crippen molar-refractivity contribution < 1.29 is 65.9 Å². The zero-order valence-corrected chi connectivity index (χ0v) is 38.3. The van der Waals surface area contributed by atoms with Crippen LogP contribution in [0.25, 0.3) is 85.8 Å². The number of halogens is 2. The van der Waals surface area contributed by atoms with Gasteiger partial charge >= 0.3 is 161 Å². The summed E-state index contributed by atoms with van der Waals surface area (Å²) in [6, 6.07) is 41.4. The largest absolute Gasteiger partial charge is 1.00 e. The van der Waals surface area contributed by atoms with Crippen LogP contribution in [0.4, 0.5) is 0 Å². The standard InChI is InChI=1S/C22H17N2OS2.C21H15N2OSSe.2HI/c1-14(22-24(2)17-8-4-6-10-20(17)27-22)13-15-11-12-18(25-15)21-23-16-7-3-5-9-19(16)26-21;1-23-16-7-3-5-9-19(16)26-20(23)13-11-14-10-12-17(24-14)21-22-15-6-2-4-8-18(15)25-21;;/h3-13H,1-2H3;2-13H,1H3;2*1H/q2*+1;;/p-2/b14-13+;13-11+;;. The van der Waals surface area contributed by atoms with Crippen LogP contribution >= 0.6 is 34.0 Å². The minimum Gasteiger partial charge on any atom is -1.00 e. The fourth-order valence-electron chi connectivity index (χ4n) is 6.20. The van der Waals surface area contributed by atoms with Crippen LogP contribution in [0.3, 0.4) is 0 Å². The van der Waals surface area contributed by atoms with Crippen molar-refractivity contribution in [3.63, 3.8) is 0 Å². The molecule has 0 bridgehead atoms. The molecule has 0 aliphatic carbocycles. The molecule has 0 radical (unpaired) electrons. The van der Waals surface area contributed by atoms with Crippen molar-refractivity contribution in [1.29, 1.82) is 0 Å². The van der Waals surface area contributed by atoms with Crippen molar-refractivity contribution in [3.8, 4) is 21.5 Å². The Hall–Kier alpha value is -3.76. The third-order valence-corrected chi connectivity index (χ3v) is 14.8. The molecule has 0 spiro atoms. The summed E-state index contributed by atoms with van der Waals surface area (Å²) in [6.07, 6.45) is 6.32. The molecular formula is C43H32I2N4O2S3Se. The maximum atomic E-state index is 6.07. The third-order valence-electron chi connectivity index (χ3n) is 8.86. The van der Waals surface area contributed by atoms with Gasteiger partial charge < -0.3 is 52.4 Å². The quantitative estimate of drug-likeness (QED) is 0.135. The van der Waals surface area contributed by atoms with E-state index in [4.69, 9.17) is 8.83 Å².